The molecule has 1 aromatic heterocycles. The number of fused-ring (bicyclic) bond motifs is 4. The summed E-state index contributed by atoms with van der Waals surface area (Å²) in [5, 5.41) is 2.52. The molecule has 0 unspecified atom stereocenters. The number of aromatic nitrogens is 1. The Hall–Kier alpha value is -5.12. The van der Waals surface area contributed by atoms with Crippen LogP contribution in [0.1, 0.15) is 64.5 Å². The summed E-state index contributed by atoms with van der Waals surface area (Å²) in [6.45, 7) is 9.09. The minimum Gasteiger partial charge on any atom is -0.359 e. The van der Waals surface area contributed by atoms with E-state index in [1.54, 1.807) is 0 Å². The second kappa shape index (κ2) is 12.4. The van der Waals surface area contributed by atoms with Crippen LogP contribution in [0.3, 0.4) is 0 Å². The molecule has 244 valence electrons. The smallest absolute Gasteiger partial charge is 0.0942 e. The number of ether oxygens (including phenoxy) is 1. The van der Waals surface area contributed by atoms with Crippen LogP contribution in [0, 0.1) is 0 Å². The molecule has 0 radical (unpaired) electrons. The highest BCUT2D eigenvalue weighted by atomic mass is 16.5. The van der Waals surface area contributed by atoms with Crippen molar-refractivity contribution < 1.29 is 4.74 Å². The number of hydrogen-bond donors (Lipinski definition) is 0. The van der Waals surface area contributed by atoms with E-state index in [0.717, 1.165) is 48.4 Å². The molecular formula is C46H44N2O. The average molecular weight is 641 g/mol. The number of anilines is 3. The molecule has 2 heterocycles. The summed E-state index contributed by atoms with van der Waals surface area (Å²) in [5.74, 6) is 0. The van der Waals surface area contributed by atoms with Crippen molar-refractivity contribution in [2.75, 3.05) is 4.90 Å². The Morgan fingerprint density at radius 2 is 0.980 bits per heavy atom. The van der Waals surface area contributed by atoms with Gasteiger partial charge in [-0.15, -0.1) is 0 Å². The zero-order chi connectivity index (χ0) is 33.6. The van der Waals surface area contributed by atoms with Crippen molar-refractivity contribution in [3.8, 4) is 16.8 Å². The van der Waals surface area contributed by atoms with Crippen molar-refractivity contribution in [2.24, 2.45) is 0 Å². The molecule has 3 heteroatoms. The topological polar surface area (TPSA) is 17.4 Å². The molecule has 49 heavy (non-hydrogen) atoms. The summed E-state index contributed by atoms with van der Waals surface area (Å²) in [7, 11) is 0. The highest BCUT2D eigenvalue weighted by Crippen LogP contribution is 2.54. The Balaban J connectivity index is 1.42. The van der Waals surface area contributed by atoms with Gasteiger partial charge in [0.05, 0.1) is 22.2 Å². The first-order valence-electron chi connectivity index (χ1n) is 17.9. The third-order valence-corrected chi connectivity index (χ3v) is 11.0. The molecule has 7 aromatic rings. The van der Waals surface area contributed by atoms with Gasteiger partial charge in [0.25, 0.3) is 0 Å². The number of para-hydroxylation sites is 4. The number of benzene rings is 6. The molecule has 3 nitrogen and oxygen atoms in total. The predicted octanol–water partition coefficient (Wildman–Crippen LogP) is 13.0. The van der Waals surface area contributed by atoms with Gasteiger partial charge in [-0.05, 0) is 109 Å². The first kappa shape index (κ1) is 31.2. The third kappa shape index (κ3) is 4.99. The van der Waals surface area contributed by atoms with E-state index in [-0.39, 0.29) is 11.2 Å². The molecule has 1 aliphatic rings. The van der Waals surface area contributed by atoms with E-state index in [0.29, 0.717) is 0 Å². The molecule has 6 aromatic carbocycles. The van der Waals surface area contributed by atoms with Gasteiger partial charge in [-0.2, -0.15) is 0 Å². The lowest BCUT2D eigenvalue weighted by atomic mass is 9.81. The first-order valence-corrected chi connectivity index (χ1v) is 17.9. The number of rotatable bonds is 9. The van der Waals surface area contributed by atoms with E-state index in [2.05, 4.69) is 183 Å². The van der Waals surface area contributed by atoms with Crippen LogP contribution in [0.25, 0.3) is 38.6 Å². The minimum atomic E-state index is -0.287. The van der Waals surface area contributed by atoms with E-state index < -0.39 is 0 Å². The SMILES string of the molecule is CCC1(CC)OC(CC)(CC)c2cc(-c3cc(N(c4ccccc4)c4ccccc4)cc(-n4c5ccccc5c5ccccc54)c3)ccc21. The largest absolute Gasteiger partial charge is 0.359 e. The predicted molar refractivity (Wildman–Crippen MR) is 207 cm³/mol. The van der Waals surface area contributed by atoms with Crippen LogP contribution in [-0.2, 0) is 15.9 Å². The Morgan fingerprint density at radius 3 is 1.53 bits per heavy atom. The van der Waals surface area contributed by atoms with Crippen molar-refractivity contribution in [1.29, 1.82) is 0 Å². The second-order valence-electron chi connectivity index (χ2n) is 13.4. The molecule has 0 N–H and O–H groups in total. The Kier molecular flexibility index (Phi) is 7.89. The lowest BCUT2D eigenvalue weighted by Gasteiger charge is -2.34. The van der Waals surface area contributed by atoms with Gasteiger partial charge in [0.15, 0.2) is 0 Å². The molecule has 0 bridgehead atoms. The van der Waals surface area contributed by atoms with E-state index in [1.807, 2.05) is 0 Å². The van der Waals surface area contributed by atoms with Crippen molar-refractivity contribution in [2.45, 2.75) is 64.6 Å². The molecule has 8 rings (SSSR count). The summed E-state index contributed by atoms with van der Waals surface area (Å²) >= 11 is 0. The summed E-state index contributed by atoms with van der Waals surface area (Å²) in [4.78, 5) is 2.37. The molecule has 1 aliphatic heterocycles. The fourth-order valence-corrected chi connectivity index (χ4v) is 8.35. The normalized spacial score (nSPS) is 14.7. The van der Waals surface area contributed by atoms with Crippen molar-refractivity contribution in [3.63, 3.8) is 0 Å². The zero-order valence-corrected chi connectivity index (χ0v) is 29.0. The number of nitrogens with zero attached hydrogens (tertiary/aromatic N) is 2. The summed E-state index contributed by atoms with van der Waals surface area (Å²) in [6, 6.07) is 53.2. The van der Waals surface area contributed by atoms with Gasteiger partial charge in [-0.25, -0.2) is 0 Å². The monoisotopic (exact) mass is 640 g/mol. The van der Waals surface area contributed by atoms with Crippen molar-refractivity contribution in [3.05, 3.63) is 157 Å². The van der Waals surface area contributed by atoms with E-state index in [1.165, 1.54) is 44.1 Å². The van der Waals surface area contributed by atoms with Gasteiger partial charge >= 0.3 is 0 Å². The maximum Gasteiger partial charge on any atom is 0.0942 e. The quantitative estimate of drug-likeness (QED) is 0.156. The Morgan fingerprint density at radius 1 is 0.469 bits per heavy atom. The fraction of sp³-hybridized carbons (Fsp3) is 0.217. The fourth-order valence-electron chi connectivity index (χ4n) is 8.35. The van der Waals surface area contributed by atoms with Crippen molar-refractivity contribution in [1.82, 2.24) is 4.57 Å². The molecular weight excluding hydrogens is 597 g/mol. The van der Waals surface area contributed by atoms with Gasteiger partial charge < -0.3 is 14.2 Å². The highest BCUT2D eigenvalue weighted by Gasteiger charge is 2.49. The summed E-state index contributed by atoms with van der Waals surface area (Å²) in [6.07, 6.45) is 3.83. The molecule has 0 aliphatic carbocycles. The first-order chi connectivity index (χ1) is 24.0. The van der Waals surface area contributed by atoms with Crippen LogP contribution in [0.2, 0.25) is 0 Å². The van der Waals surface area contributed by atoms with Gasteiger partial charge in [-0.3, -0.25) is 0 Å². The van der Waals surface area contributed by atoms with E-state index >= 15 is 0 Å². The minimum absolute atomic E-state index is 0.243. The maximum absolute atomic E-state index is 7.14. The molecule has 0 atom stereocenters. The second-order valence-corrected chi connectivity index (χ2v) is 13.4. The van der Waals surface area contributed by atoms with Gasteiger partial charge in [0, 0.05) is 33.5 Å². The van der Waals surface area contributed by atoms with Crippen LogP contribution in [0.5, 0.6) is 0 Å². The van der Waals surface area contributed by atoms with Gasteiger partial charge in [0.1, 0.15) is 0 Å². The molecule has 0 saturated carbocycles. The molecule has 0 fully saturated rings. The lowest BCUT2D eigenvalue weighted by molar-refractivity contribution is -0.151. The molecule has 0 saturated heterocycles. The van der Waals surface area contributed by atoms with Crippen LogP contribution < -0.4 is 4.90 Å². The summed E-state index contributed by atoms with van der Waals surface area (Å²) < 4.78 is 9.57. The Labute approximate surface area is 290 Å². The number of hydrogen-bond acceptors (Lipinski definition) is 2. The zero-order valence-electron chi connectivity index (χ0n) is 29.0. The molecule has 0 spiro atoms. The van der Waals surface area contributed by atoms with Crippen LogP contribution in [0.15, 0.2) is 146 Å². The summed E-state index contributed by atoms with van der Waals surface area (Å²) in [5.41, 5.74) is 11.5. The lowest BCUT2D eigenvalue weighted by Crippen LogP contribution is -2.31. The van der Waals surface area contributed by atoms with E-state index in [4.69, 9.17) is 4.74 Å². The average Bonchev–Trinajstić information content (AvgIpc) is 3.66. The standard InChI is InChI=1S/C46H44N2O/c1-5-45(6-2)41-28-27-33(31-42(41)46(7-3,8-4)49-45)34-29-37(47(35-19-11-9-12-20-35)36-21-13-10-14-22-36)32-38(30-34)48-43-25-17-15-23-39(43)40-24-16-18-26-44(40)48/h9-32H,5-8H2,1-4H3. The van der Waals surface area contributed by atoms with Crippen LogP contribution >= 0.6 is 0 Å². The van der Waals surface area contributed by atoms with Crippen LogP contribution in [-0.4, -0.2) is 4.57 Å². The van der Waals surface area contributed by atoms with Gasteiger partial charge in [-0.1, -0.05) is 113 Å². The Bertz CT molecular complexity index is 2170. The third-order valence-electron chi connectivity index (χ3n) is 11.0. The molecule has 0 amide bonds. The van der Waals surface area contributed by atoms with Crippen LogP contribution in [0.4, 0.5) is 17.1 Å². The van der Waals surface area contributed by atoms with Crippen molar-refractivity contribution >= 4 is 38.9 Å². The maximum atomic E-state index is 7.14. The highest BCUT2D eigenvalue weighted by molar-refractivity contribution is 6.09. The van der Waals surface area contributed by atoms with E-state index in [9.17, 15) is 0 Å². The van der Waals surface area contributed by atoms with Gasteiger partial charge in [0.2, 0.25) is 0 Å².